The van der Waals surface area contributed by atoms with Gasteiger partial charge in [0.2, 0.25) is 11.9 Å². The second-order valence-electron chi connectivity index (χ2n) is 6.20. The number of amides is 3. The van der Waals surface area contributed by atoms with Crippen LogP contribution in [0.2, 0.25) is 5.02 Å². The van der Waals surface area contributed by atoms with Gasteiger partial charge in [-0.2, -0.15) is 0 Å². The molecule has 2 aliphatic rings. The number of rotatable bonds is 3. The number of nitrogens with zero attached hydrogens (tertiary/aromatic N) is 5. The molecule has 1 unspecified atom stereocenters. The van der Waals surface area contributed by atoms with Crippen LogP contribution in [0.15, 0.2) is 12.4 Å². The van der Waals surface area contributed by atoms with Gasteiger partial charge in [0.05, 0.1) is 30.0 Å². The fraction of sp³-hybridized carbons (Fsp3) is 0.600. The molecule has 2 fully saturated rings. The average Bonchev–Trinajstić information content (AvgIpc) is 2.59. The second-order valence-corrected chi connectivity index (χ2v) is 6.64. The number of piperidine rings is 1. The van der Waals surface area contributed by atoms with E-state index in [4.69, 9.17) is 11.6 Å². The van der Waals surface area contributed by atoms with Gasteiger partial charge < -0.3 is 10.2 Å². The number of hydrogen-bond acceptors (Lipinski definition) is 6. The molecule has 130 valence electrons. The average molecular weight is 353 g/mol. The van der Waals surface area contributed by atoms with E-state index in [9.17, 15) is 9.59 Å². The van der Waals surface area contributed by atoms with E-state index < -0.39 is 0 Å². The predicted octanol–water partition coefficient (Wildman–Crippen LogP) is 0.928. The van der Waals surface area contributed by atoms with Crippen molar-refractivity contribution in [3.05, 3.63) is 17.4 Å². The smallest absolute Gasteiger partial charge is 0.325 e. The molecule has 0 radical (unpaired) electrons. The van der Waals surface area contributed by atoms with E-state index in [1.165, 1.54) is 7.05 Å². The number of carbonyl (C=O) groups is 2. The molecule has 3 heterocycles. The van der Waals surface area contributed by atoms with Crippen LogP contribution in [-0.2, 0) is 4.79 Å². The van der Waals surface area contributed by atoms with Crippen LogP contribution < -0.4 is 10.2 Å². The lowest BCUT2D eigenvalue weighted by Crippen LogP contribution is -2.61. The first-order valence-electron chi connectivity index (χ1n) is 7.97. The Morgan fingerprint density at radius 2 is 1.88 bits per heavy atom. The van der Waals surface area contributed by atoms with E-state index in [0.717, 1.165) is 30.8 Å². The molecule has 0 aliphatic carbocycles. The van der Waals surface area contributed by atoms with E-state index in [0.29, 0.717) is 23.4 Å². The van der Waals surface area contributed by atoms with Crippen LogP contribution >= 0.6 is 11.6 Å². The first-order chi connectivity index (χ1) is 11.5. The van der Waals surface area contributed by atoms with Crippen LogP contribution in [-0.4, -0.2) is 71.1 Å². The predicted molar refractivity (Wildman–Crippen MR) is 89.7 cm³/mol. The Hall–Kier alpha value is -1.93. The molecule has 2 saturated heterocycles. The number of likely N-dealkylation sites (tertiary alicyclic amines) is 1. The number of hydrogen-bond donors (Lipinski definition) is 1. The monoisotopic (exact) mass is 352 g/mol. The highest BCUT2D eigenvalue weighted by atomic mass is 35.5. The number of carbonyl (C=O) groups excluding carboxylic acids is 2. The van der Waals surface area contributed by atoms with Crippen molar-refractivity contribution in [3.8, 4) is 0 Å². The Kier molecular flexibility index (Phi) is 4.86. The summed E-state index contributed by atoms with van der Waals surface area (Å²) < 4.78 is 0. The minimum Gasteiger partial charge on any atom is -0.341 e. The van der Waals surface area contributed by atoms with Crippen molar-refractivity contribution in [3.63, 3.8) is 0 Å². The largest absolute Gasteiger partial charge is 0.341 e. The Bertz CT molecular complexity index is 599. The van der Waals surface area contributed by atoms with Crippen molar-refractivity contribution in [2.45, 2.75) is 31.5 Å². The van der Waals surface area contributed by atoms with E-state index in [-0.39, 0.29) is 18.1 Å². The van der Waals surface area contributed by atoms with Crippen molar-refractivity contribution in [1.29, 1.82) is 0 Å². The molecule has 9 heteroatoms. The zero-order valence-electron chi connectivity index (χ0n) is 13.8. The summed E-state index contributed by atoms with van der Waals surface area (Å²) >= 11 is 5.83. The summed E-state index contributed by atoms with van der Waals surface area (Å²) in [5.74, 6) is 0.512. The lowest BCUT2D eigenvalue weighted by atomic mass is 10.0. The summed E-state index contributed by atoms with van der Waals surface area (Å²) in [6, 6.07) is -0.00912. The summed E-state index contributed by atoms with van der Waals surface area (Å²) in [7, 11) is 3.48. The molecule has 2 aliphatic heterocycles. The molecule has 3 rings (SSSR count). The highest BCUT2D eigenvalue weighted by molar-refractivity contribution is 6.30. The van der Waals surface area contributed by atoms with Crippen LogP contribution in [0.5, 0.6) is 0 Å². The quantitative estimate of drug-likeness (QED) is 0.871. The standard InChI is InChI=1S/C15H21ClN6O2/c1-20(14-17-8-10(16)9-18-14)11-3-5-22(6-4-11)12-7-13(23)21(2)15(24)19-12/h8-9,11-12H,3-7H2,1-2H3,(H,19,24). The molecule has 8 nitrogen and oxygen atoms in total. The van der Waals surface area contributed by atoms with Crippen LogP contribution in [0.1, 0.15) is 19.3 Å². The van der Waals surface area contributed by atoms with Crippen molar-refractivity contribution < 1.29 is 9.59 Å². The van der Waals surface area contributed by atoms with Crippen LogP contribution in [0.25, 0.3) is 0 Å². The van der Waals surface area contributed by atoms with E-state index in [1.54, 1.807) is 12.4 Å². The van der Waals surface area contributed by atoms with Crippen LogP contribution in [0.3, 0.4) is 0 Å². The molecule has 1 aromatic heterocycles. The molecule has 1 aromatic rings. The molecule has 0 spiro atoms. The third-order valence-corrected chi connectivity index (χ3v) is 4.94. The van der Waals surface area contributed by atoms with E-state index >= 15 is 0 Å². The van der Waals surface area contributed by atoms with Crippen LogP contribution in [0, 0.1) is 0 Å². The number of imide groups is 1. The molecule has 0 aromatic carbocycles. The summed E-state index contributed by atoms with van der Waals surface area (Å²) in [6.07, 6.45) is 5.13. The maximum Gasteiger partial charge on any atom is 0.325 e. The fourth-order valence-corrected chi connectivity index (χ4v) is 3.26. The second kappa shape index (κ2) is 6.90. The SMILES string of the molecule is CN1C(=O)CC(N2CCC(N(C)c3ncc(Cl)cn3)CC2)NC1=O. The van der Waals surface area contributed by atoms with Crippen molar-refractivity contribution in [1.82, 2.24) is 25.1 Å². The Labute approximate surface area is 145 Å². The number of halogens is 1. The van der Waals surface area contributed by atoms with Gasteiger partial charge in [0.15, 0.2) is 0 Å². The van der Waals surface area contributed by atoms with E-state index in [1.807, 2.05) is 7.05 Å². The molecule has 0 saturated carbocycles. The third kappa shape index (κ3) is 3.44. The zero-order chi connectivity index (χ0) is 17.3. The molecule has 1 N–H and O–H groups in total. The fourth-order valence-electron chi connectivity index (χ4n) is 3.16. The highest BCUT2D eigenvalue weighted by Gasteiger charge is 2.35. The maximum absolute atomic E-state index is 11.8. The Balaban J connectivity index is 1.56. The summed E-state index contributed by atoms with van der Waals surface area (Å²) in [5, 5.41) is 3.41. The summed E-state index contributed by atoms with van der Waals surface area (Å²) in [5.41, 5.74) is 0. The summed E-state index contributed by atoms with van der Waals surface area (Å²) in [6.45, 7) is 1.62. The van der Waals surface area contributed by atoms with Gasteiger partial charge in [0, 0.05) is 33.2 Å². The molecule has 24 heavy (non-hydrogen) atoms. The van der Waals surface area contributed by atoms with Crippen molar-refractivity contribution in [2.75, 3.05) is 32.1 Å². The maximum atomic E-state index is 11.8. The molecule has 0 bridgehead atoms. The minimum absolute atomic E-state index is 0.141. The first-order valence-corrected chi connectivity index (χ1v) is 8.35. The molecular weight excluding hydrogens is 332 g/mol. The van der Waals surface area contributed by atoms with Gasteiger partial charge in [-0.3, -0.25) is 14.6 Å². The van der Waals surface area contributed by atoms with Gasteiger partial charge in [-0.1, -0.05) is 11.6 Å². The number of urea groups is 1. The molecular formula is C15H21ClN6O2. The Morgan fingerprint density at radius 1 is 1.25 bits per heavy atom. The topological polar surface area (TPSA) is 81.7 Å². The lowest BCUT2D eigenvalue weighted by Gasteiger charge is -2.42. The van der Waals surface area contributed by atoms with Gasteiger partial charge in [-0.25, -0.2) is 14.8 Å². The van der Waals surface area contributed by atoms with Crippen LogP contribution in [0.4, 0.5) is 10.7 Å². The minimum atomic E-state index is -0.329. The number of aromatic nitrogens is 2. The van der Waals surface area contributed by atoms with Gasteiger partial charge in [-0.15, -0.1) is 0 Å². The number of anilines is 1. The van der Waals surface area contributed by atoms with Crippen molar-refractivity contribution in [2.24, 2.45) is 0 Å². The zero-order valence-corrected chi connectivity index (χ0v) is 14.5. The first kappa shape index (κ1) is 16.9. The highest BCUT2D eigenvalue weighted by Crippen LogP contribution is 2.22. The molecule has 3 amide bonds. The van der Waals surface area contributed by atoms with Gasteiger partial charge in [0.25, 0.3) is 0 Å². The normalized spacial score (nSPS) is 23.3. The van der Waals surface area contributed by atoms with Gasteiger partial charge >= 0.3 is 6.03 Å². The molecule has 1 atom stereocenters. The Morgan fingerprint density at radius 3 is 2.46 bits per heavy atom. The third-order valence-electron chi connectivity index (χ3n) is 4.75. The number of nitrogens with one attached hydrogen (secondary N) is 1. The van der Waals surface area contributed by atoms with E-state index in [2.05, 4.69) is 25.1 Å². The lowest BCUT2D eigenvalue weighted by molar-refractivity contribution is -0.130. The summed E-state index contributed by atoms with van der Waals surface area (Å²) in [4.78, 5) is 37.5. The van der Waals surface area contributed by atoms with Gasteiger partial charge in [-0.05, 0) is 12.8 Å². The van der Waals surface area contributed by atoms with Gasteiger partial charge in [0.1, 0.15) is 0 Å². The van der Waals surface area contributed by atoms with Crippen molar-refractivity contribution >= 4 is 29.5 Å².